The Kier molecular flexibility index (Phi) is 9.23. The second-order valence-electron chi connectivity index (χ2n) is 9.78. The van der Waals surface area contributed by atoms with Crippen LogP contribution in [0, 0.1) is 5.82 Å². The number of para-hydroxylation sites is 1. The molecule has 6 heteroatoms. The fourth-order valence-electron chi connectivity index (χ4n) is 4.07. The first-order valence-corrected chi connectivity index (χ1v) is 12.3. The molecule has 0 fully saturated rings. The van der Waals surface area contributed by atoms with E-state index in [1.165, 1.54) is 17.0 Å². The van der Waals surface area contributed by atoms with E-state index in [2.05, 4.69) is 26.1 Å². The fraction of sp³-hybridized carbons (Fsp3) is 0.333. The zero-order chi connectivity index (χ0) is 26.1. The van der Waals surface area contributed by atoms with E-state index in [9.17, 15) is 14.0 Å². The Bertz CT molecular complexity index is 1140. The van der Waals surface area contributed by atoms with Gasteiger partial charge >= 0.3 is 0 Å². The van der Waals surface area contributed by atoms with Crippen LogP contribution in [0.4, 0.5) is 4.39 Å². The highest BCUT2D eigenvalue weighted by Gasteiger charge is 2.31. The van der Waals surface area contributed by atoms with Gasteiger partial charge < -0.3 is 15.0 Å². The number of amides is 2. The van der Waals surface area contributed by atoms with Crippen molar-refractivity contribution in [1.82, 2.24) is 10.2 Å². The third-order valence-corrected chi connectivity index (χ3v) is 5.93. The van der Waals surface area contributed by atoms with Crippen LogP contribution in [0.15, 0.2) is 78.9 Å². The molecule has 0 bridgehead atoms. The topological polar surface area (TPSA) is 58.6 Å². The molecular formula is C30H35FN2O3. The predicted molar refractivity (Wildman–Crippen MR) is 140 cm³/mol. The maximum Gasteiger partial charge on any atom is 0.261 e. The first-order valence-electron chi connectivity index (χ1n) is 12.3. The first kappa shape index (κ1) is 26.9. The average molecular weight is 491 g/mol. The van der Waals surface area contributed by atoms with Crippen LogP contribution < -0.4 is 10.1 Å². The lowest BCUT2D eigenvalue weighted by Crippen LogP contribution is -2.51. The van der Waals surface area contributed by atoms with Crippen LogP contribution >= 0.6 is 0 Å². The number of ether oxygens (including phenoxy) is 1. The molecule has 190 valence electrons. The third-order valence-electron chi connectivity index (χ3n) is 5.93. The number of nitrogens with zero attached hydrogens (tertiary/aromatic N) is 1. The number of carbonyl (C=O) groups is 2. The Morgan fingerprint density at radius 2 is 1.56 bits per heavy atom. The average Bonchev–Trinajstić information content (AvgIpc) is 2.86. The van der Waals surface area contributed by atoms with E-state index in [1.807, 2.05) is 61.5 Å². The summed E-state index contributed by atoms with van der Waals surface area (Å²) < 4.78 is 19.6. The summed E-state index contributed by atoms with van der Waals surface area (Å²) in [5.41, 5.74) is 2.49. The molecule has 0 spiro atoms. The molecule has 3 aromatic rings. The molecule has 5 nitrogen and oxygen atoms in total. The molecule has 1 unspecified atom stereocenters. The van der Waals surface area contributed by atoms with Crippen LogP contribution in [0.2, 0.25) is 0 Å². The summed E-state index contributed by atoms with van der Waals surface area (Å²) in [5, 5.41) is 2.87. The molecule has 0 aliphatic rings. The molecule has 0 aliphatic heterocycles. The van der Waals surface area contributed by atoms with Gasteiger partial charge in [-0.2, -0.15) is 0 Å². The Labute approximate surface area is 213 Å². The molecule has 0 aliphatic carbocycles. The van der Waals surface area contributed by atoms with Gasteiger partial charge in [0.25, 0.3) is 5.91 Å². The van der Waals surface area contributed by atoms with Gasteiger partial charge in [0.1, 0.15) is 17.6 Å². The van der Waals surface area contributed by atoms with Gasteiger partial charge in [-0.3, -0.25) is 9.59 Å². The minimum Gasteiger partial charge on any atom is -0.483 e. The van der Waals surface area contributed by atoms with Gasteiger partial charge in [0.15, 0.2) is 6.61 Å². The van der Waals surface area contributed by atoms with Crippen LogP contribution in [-0.2, 0) is 28.0 Å². The lowest BCUT2D eigenvalue weighted by molar-refractivity contribution is -0.142. The summed E-state index contributed by atoms with van der Waals surface area (Å²) in [4.78, 5) is 28.4. The van der Waals surface area contributed by atoms with E-state index in [-0.39, 0.29) is 36.2 Å². The van der Waals surface area contributed by atoms with E-state index < -0.39 is 6.04 Å². The third kappa shape index (κ3) is 7.41. The number of carbonyl (C=O) groups excluding carboxylic acids is 2. The summed E-state index contributed by atoms with van der Waals surface area (Å²) in [6, 6.07) is 22.5. The molecule has 0 radical (unpaired) electrons. The molecule has 0 heterocycles. The Morgan fingerprint density at radius 1 is 0.917 bits per heavy atom. The van der Waals surface area contributed by atoms with Crippen LogP contribution in [0.3, 0.4) is 0 Å². The minimum absolute atomic E-state index is 0.151. The standard InChI is InChI=1S/C30H35FN2O3/c1-5-32-29(35)26(19-22-11-7-6-8-12-22)33(20-23-15-17-24(31)18-16-23)28(34)21-36-27-14-10-9-13-25(27)30(2,3)4/h6-18,26H,5,19-21H2,1-4H3,(H,32,35). The highest BCUT2D eigenvalue weighted by atomic mass is 19.1. The maximum absolute atomic E-state index is 13.6. The summed E-state index contributed by atoms with van der Waals surface area (Å²) in [6.45, 7) is 8.47. The van der Waals surface area contributed by atoms with Crippen LogP contribution in [0.1, 0.15) is 44.4 Å². The van der Waals surface area contributed by atoms with Crippen molar-refractivity contribution in [2.75, 3.05) is 13.2 Å². The van der Waals surface area contributed by atoms with Gasteiger partial charge in [-0.25, -0.2) is 4.39 Å². The Hall–Kier alpha value is -3.67. The molecule has 1 atom stereocenters. The molecule has 0 aromatic heterocycles. The smallest absolute Gasteiger partial charge is 0.261 e. The van der Waals surface area contributed by atoms with Crippen molar-refractivity contribution in [2.24, 2.45) is 0 Å². The van der Waals surface area contributed by atoms with Crippen molar-refractivity contribution in [3.63, 3.8) is 0 Å². The monoisotopic (exact) mass is 490 g/mol. The maximum atomic E-state index is 13.6. The SMILES string of the molecule is CCNC(=O)C(Cc1ccccc1)N(Cc1ccc(F)cc1)C(=O)COc1ccccc1C(C)(C)C. The lowest BCUT2D eigenvalue weighted by atomic mass is 9.86. The molecule has 3 aromatic carbocycles. The van der Waals surface area contributed by atoms with Crippen LogP contribution in [-0.4, -0.2) is 35.9 Å². The zero-order valence-electron chi connectivity index (χ0n) is 21.5. The molecular weight excluding hydrogens is 455 g/mol. The van der Waals surface area contributed by atoms with Gasteiger partial charge in [-0.1, -0.05) is 81.4 Å². The van der Waals surface area contributed by atoms with Gasteiger partial charge in [0.2, 0.25) is 5.91 Å². The normalized spacial score (nSPS) is 12.0. The van der Waals surface area contributed by atoms with Crippen LogP contribution in [0.25, 0.3) is 0 Å². The van der Waals surface area contributed by atoms with Gasteiger partial charge in [0, 0.05) is 19.5 Å². The summed E-state index contributed by atoms with van der Waals surface area (Å²) in [7, 11) is 0. The molecule has 2 amide bonds. The number of likely N-dealkylation sites (N-methyl/N-ethyl adjacent to an activating group) is 1. The molecule has 0 saturated carbocycles. The van der Waals surface area contributed by atoms with E-state index in [4.69, 9.17) is 4.74 Å². The van der Waals surface area contributed by atoms with Crippen LogP contribution in [0.5, 0.6) is 5.75 Å². The lowest BCUT2D eigenvalue weighted by Gasteiger charge is -2.31. The minimum atomic E-state index is -0.758. The number of rotatable bonds is 10. The van der Waals surface area contributed by atoms with Gasteiger partial charge in [0.05, 0.1) is 0 Å². The second-order valence-corrected chi connectivity index (χ2v) is 9.78. The molecule has 36 heavy (non-hydrogen) atoms. The molecule has 0 saturated heterocycles. The van der Waals surface area contributed by atoms with Gasteiger partial charge in [-0.05, 0) is 47.2 Å². The van der Waals surface area contributed by atoms with Gasteiger partial charge in [-0.15, -0.1) is 0 Å². The van der Waals surface area contributed by atoms with E-state index in [0.717, 1.165) is 16.7 Å². The number of halogens is 1. The number of nitrogens with one attached hydrogen (secondary N) is 1. The van der Waals surface area contributed by atoms with Crippen molar-refractivity contribution in [1.29, 1.82) is 0 Å². The summed E-state index contributed by atoms with van der Waals surface area (Å²) >= 11 is 0. The van der Waals surface area contributed by atoms with Crippen molar-refractivity contribution >= 4 is 11.8 Å². The van der Waals surface area contributed by atoms with Crippen molar-refractivity contribution < 1.29 is 18.7 Å². The summed E-state index contributed by atoms with van der Waals surface area (Å²) in [5.74, 6) is -0.289. The quantitative estimate of drug-likeness (QED) is 0.421. The predicted octanol–water partition coefficient (Wildman–Crippen LogP) is 5.28. The highest BCUT2D eigenvalue weighted by Crippen LogP contribution is 2.31. The van der Waals surface area contributed by atoms with E-state index in [0.29, 0.717) is 18.7 Å². The zero-order valence-corrected chi connectivity index (χ0v) is 21.5. The van der Waals surface area contributed by atoms with E-state index in [1.54, 1.807) is 12.1 Å². The second kappa shape index (κ2) is 12.3. The first-order chi connectivity index (χ1) is 17.2. The Balaban J connectivity index is 1.91. The van der Waals surface area contributed by atoms with Crippen molar-refractivity contribution in [2.45, 2.75) is 52.1 Å². The number of benzene rings is 3. The highest BCUT2D eigenvalue weighted by molar-refractivity contribution is 5.88. The van der Waals surface area contributed by atoms with Crippen molar-refractivity contribution in [3.05, 3.63) is 101 Å². The molecule has 3 rings (SSSR count). The van der Waals surface area contributed by atoms with E-state index >= 15 is 0 Å². The summed E-state index contributed by atoms with van der Waals surface area (Å²) in [6.07, 6.45) is 0.345. The largest absolute Gasteiger partial charge is 0.483 e. The number of hydrogen-bond donors (Lipinski definition) is 1. The fourth-order valence-corrected chi connectivity index (χ4v) is 4.07. The number of hydrogen-bond acceptors (Lipinski definition) is 3. The molecule has 1 N–H and O–H groups in total. The Morgan fingerprint density at radius 3 is 2.19 bits per heavy atom. The van der Waals surface area contributed by atoms with Crippen molar-refractivity contribution in [3.8, 4) is 5.75 Å².